The summed E-state index contributed by atoms with van der Waals surface area (Å²) in [4.78, 5) is 34.9. The van der Waals surface area contributed by atoms with Crippen molar-refractivity contribution in [2.75, 3.05) is 19.8 Å². The molecule has 0 bridgehead atoms. The molecule has 0 saturated carbocycles. The molecule has 1 unspecified atom stereocenters. The Labute approximate surface area is 186 Å². The summed E-state index contributed by atoms with van der Waals surface area (Å²) >= 11 is 0. The zero-order valence-electron chi connectivity index (χ0n) is 17.1. The van der Waals surface area contributed by atoms with Crippen LogP contribution < -0.4 is 10.6 Å². The van der Waals surface area contributed by atoms with Gasteiger partial charge in [0, 0.05) is 12.5 Å². The minimum Gasteiger partial charge on any atom is -0.480 e. The number of hydrogen-bond donors (Lipinski definition) is 4. The van der Waals surface area contributed by atoms with Gasteiger partial charge in [0.2, 0.25) is 5.91 Å². The number of carboxylic acids is 1. The summed E-state index contributed by atoms with van der Waals surface area (Å²) in [5.41, 5.74) is 3.80. The number of alkyl carbamates (subject to hydrolysis) is 1. The number of alkyl halides is 3. The predicted molar refractivity (Wildman–Crippen MR) is 109 cm³/mol. The van der Waals surface area contributed by atoms with Crippen LogP contribution in [0.2, 0.25) is 0 Å². The average molecular weight is 466 g/mol. The van der Waals surface area contributed by atoms with Crippen LogP contribution in [-0.4, -0.2) is 60.2 Å². The molecule has 11 heteroatoms. The van der Waals surface area contributed by atoms with Crippen LogP contribution >= 0.6 is 0 Å². The van der Waals surface area contributed by atoms with Crippen molar-refractivity contribution in [1.82, 2.24) is 10.6 Å². The van der Waals surface area contributed by atoms with Crippen LogP contribution in [0.15, 0.2) is 48.5 Å². The van der Waals surface area contributed by atoms with Gasteiger partial charge in [-0.25, -0.2) is 9.59 Å². The second kappa shape index (κ2) is 9.90. The summed E-state index contributed by atoms with van der Waals surface area (Å²) in [5, 5.41) is 21.2. The highest BCUT2D eigenvalue weighted by Crippen LogP contribution is 2.44. The molecule has 1 aliphatic carbocycles. The first-order valence-electron chi connectivity index (χ1n) is 9.93. The van der Waals surface area contributed by atoms with E-state index in [2.05, 4.69) is 0 Å². The lowest BCUT2D eigenvalue weighted by Gasteiger charge is -2.22. The number of amides is 2. The van der Waals surface area contributed by atoms with Crippen LogP contribution in [0.3, 0.4) is 0 Å². The zero-order chi connectivity index (χ0) is 24.2. The van der Waals surface area contributed by atoms with Crippen molar-refractivity contribution >= 4 is 18.0 Å². The largest absolute Gasteiger partial charge is 0.480 e. The molecule has 0 fully saturated rings. The van der Waals surface area contributed by atoms with Gasteiger partial charge in [-0.1, -0.05) is 48.5 Å². The standard InChI is InChI=1S/C22H21F3N2O6/c23-22(24,25)17(19(29)27-18(10-28)20(30)31)9-26-21(32)33-11-16-14-7-3-1-5-12(14)13-6-2-4-8-15(13)16/h1-8,16-18,28H,9-11H2,(H,26,32)(H,27,29)(H,30,31)/t17?,18-/m0/s1. The van der Waals surface area contributed by atoms with Crippen LogP contribution in [0.25, 0.3) is 11.1 Å². The summed E-state index contributed by atoms with van der Waals surface area (Å²) in [5.74, 6) is -6.42. The fourth-order valence-corrected chi connectivity index (χ4v) is 3.65. The molecule has 2 amide bonds. The Bertz CT molecular complexity index is 997. The third-order valence-corrected chi connectivity index (χ3v) is 5.30. The molecule has 2 atom stereocenters. The van der Waals surface area contributed by atoms with Crippen LogP contribution in [-0.2, 0) is 14.3 Å². The number of aliphatic carboxylic acids is 1. The molecule has 0 spiro atoms. The van der Waals surface area contributed by atoms with E-state index < -0.39 is 49.3 Å². The summed E-state index contributed by atoms with van der Waals surface area (Å²) in [6.07, 6.45) is -6.23. The number of hydrogen-bond acceptors (Lipinski definition) is 5. The van der Waals surface area contributed by atoms with Gasteiger partial charge in [-0.3, -0.25) is 4.79 Å². The second-order valence-electron chi connectivity index (χ2n) is 7.38. The maximum atomic E-state index is 13.3. The van der Waals surface area contributed by atoms with E-state index in [1.54, 1.807) is 5.32 Å². The zero-order valence-corrected chi connectivity index (χ0v) is 17.1. The van der Waals surface area contributed by atoms with Gasteiger partial charge in [0.15, 0.2) is 5.92 Å². The monoisotopic (exact) mass is 466 g/mol. The highest BCUT2D eigenvalue weighted by Gasteiger charge is 2.46. The Balaban J connectivity index is 1.62. The summed E-state index contributed by atoms with van der Waals surface area (Å²) in [6.45, 7) is -2.39. The number of carbonyl (C=O) groups excluding carboxylic acids is 2. The van der Waals surface area contributed by atoms with Crippen molar-refractivity contribution in [2.45, 2.75) is 18.1 Å². The predicted octanol–water partition coefficient (Wildman–Crippen LogP) is 2.27. The van der Waals surface area contributed by atoms with Gasteiger partial charge >= 0.3 is 18.2 Å². The third kappa shape index (κ3) is 5.43. The van der Waals surface area contributed by atoms with Gasteiger partial charge in [-0.05, 0) is 22.3 Å². The first kappa shape index (κ1) is 24.1. The number of halogens is 3. The van der Waals surface area contributed by atoms with Crippen LogP contribution in [0, 0.1) is 5.92 Å². The molecule has 1 aliphatic rings. The molecule has 0 aliphatic heterocycles. The lowest BCUT2D eigenvalue weighted by atomic mass is 9.98. The van der Waals surface area contributed by atoms with Crippen molar-refractivity contribution < 1.29 is 42.5 Å². The lowest BCUT2D eigenvalue weighted by molar-refractivity contribution is -0.182. The summed E-state index contributed by atoms with van der Waals surface area (Å²) in [7, 11) is 0. The summed E-state index contributed by atoms with van der Waals surface area (Å²) < 4.78 is 45.0. The third-order valence-electron chi connectivity index (χ3n) is 5.30. The maximum absolute atomic E-state index is 13.3. The molecule has 0 radical (unpaired) electrons. The van der Waals surface area contributed by atoms with Gasteiger partial charge < -0.3 is 25.6 Å². The van der Waals surface area contributed by atoms with Crippen molar-refractivity contribution in [3.8, 4) is 11.1 Å². The maximum Gasteiger partial charge on any atom is 0.407 e. The first-order valence-corrected chi connectivity index (χ1v) is 9.93. The Morgan fingerprint density at radius 1 is 1.00 bits per heavy atom. The molecule has 8 nitrogen and oxygen atoms in total. The molecule has 2 aromatic rings. The molecule has 0 saturated heterocycles. The smallest absolute Gasteiger partial charge is 0.407 e. The van der Waals surface area contributed by atoms with Gasteiger partial charge in [0.25, 0.3) is 0 Å². The van der Waals surface area contributed by atoms with Gasteiger partial charge in [-0.15, -0.1) is 0 Å². The van der Waals surface area contributed by atoms with E-state index in [9.17, 15) is 27.6 Å². The van der Waals surface area contributed by atoms with Gasteiger partial charge in [0.05, 0.1) is 6.61 Å². The van der Waals surface area contributed by atoms with Gasteiger partial charge in [0.1, 0.15) is 12.6 Å². The molecular formula is C22H21F3N2O6. The van der Waals surface area contributed by atoms with Crippen LogP contribution in [0.4, 0.5) is 18.0 Å². The van der Waals surface area contributed by atoms with E-state index >= 15 is 0 Å². The average Bonchev–Trinajstić information content (AvgIpc) is 3.08. The lowest BCUT2D eigenvalue weighted by Crippen LogP contribution is -2.52. The molecule has 0 heterocycles. The van der Waals surface area contributed by atoms with Crippen molar-refractivity contribution in [3.63, 3.8) is 0 Å². The highest BCUT2D eigenvalue weighted by molar-refractivity contribution is 5.86. The second-order valence-corrected chi connectivity index (χ2v) is 7.38. The number of carbonyl (C=O) groups is 3. The van der Waals surface area contributed by atoms with E-state index in [4.69, 9.17) is 14.9 Å². The van der Waals surface area contributed by atoms with Gasteiger partial charge in [-0.2, -0.15) is 13.2 Å². The van der Waals surface area contributed by atoms with Crippen LogP contribution in [0.5, 0.6) is 0 Å². The highest BCUT2D eigenvalue weighted by atomic mass is 19.4. The van der Waals surface area contributed by atoms with E-state index in [-0.39, 0.29) is 12.5 Å². The molecule has 3 rings (SSSR count). The molecular weight excluding hydrogens is 445 g/mol. The number of ether oxygens (including phenoxy) is 1. The number of benzene rings is 2. The summed E-state index contributed by atoms with van der Waals surface area (Å²) in [6, 6.07) is 13.1. The van der Waals surface area contributed by atoms with Crippen molar-refractivity contribution in [3.05, 3.63) is 59.7 Å². The van der Waals surface area contributed by atoms with Crippen LogP contribution in [0.1, 0.15) is 17.0 Å². The minimum absolute atomic E-state index is 0.131. The molecule has 176 valence electrons. The number of rotatable bonds is 8. The molecule has 0 aromatic heterocycles. The topological polar surface area (TPSA) is 125 Å². The molecule has 33 heavy (non-hydrogen) atoms. The number of nitrogens with one attached hydrogen (secondary N) is 2. The Hall–Kier alpha value is -3.60. The fourth-order valence-electron chi connectivity index (χ4n) is 3.65. The number of carboxylic acid groups (broad SMARTS) is 1. The molecule has 2 aromatic carbocycles. The van der Waals surface area contributed by atoms with Crippen molar-refractivity contribution in [2.24, 2.45) is 5.92 Å². The Morgan fingerprint density at radius 3 is 2.03 bits per heavy atom. The Kier molecular flexibility index (Phi) is 7.22. The Morgan fingerprint density at radius 2 is 1.55 bits per heavy atom. The van der Waals surface area contributed by atoms with E-state index in [1.807, 2.05) is 53.8 Å². The SMILES string of the molecule is O=C(NCC(C(=O)N[C@@H](CO)C(=O)O)C(F)(F)F)OCC1c2ccccc2-c2ccccc21. The number of aliphatic hydroxyl groups is 1. The van der Waals surface area contributed by atoms with E-state index in [1.165, 1.54) is 0 Å². The fraction of sp³-hybridized carbons (Fsp3) is 0.318. The molecule has 4 N–H and O–H groups in total. The number of fused-ring (bicyclic) bond motifs is 3. The minimum atomic E-state index is -5.07. The normalized spacial score (nSPS) is 14.5. The van der Waals surface area contributed by atoms with E-state index in [0.29, 0.717) is 0 Å². The quantitative estimate of drug-likeness (QED) is 0.473. The van der Waals surface area contributed by atoms with E-state index in [0.717, 1.165) is 22.3 Å². The first-order chi connectivity index (χ1) is 15.6. The number of aliphatic hydroxyl groups excluding tert-OH is 1. The van der Waals surface area contributed by atoms with Crippen molar-refractivity contribution in [1.29, 1.82) is 0 Å².